The van der Waals surface area contributed by atoms with E-state index in [2.05, 4.69) is 29.6 Å². The molecule has 1 aromatic carbocycles. The highest BCUT2D eigenvalue weighted by Crippen LogP contribution is 2.35. The Labute approximate surface area is 207 Å². The first-order valence-electron chi connectivity index (χ1n) is 12.1. The molecule has 1 aromatic rings. The molecule has 2 aliphatic heterocycles. The zero-order valence-electron chi connectivity index (χ0n) is 19.8. The number of halogens is 2. The summed E-state index contributed by atoms with van der Waals surface area (Å²) < 4.78 is 0. The zero-order chi connectivity index (χ0) is 23.7. The van der Waals surface area contributed by atoms with Crippen molar-refractivity contribution in [3.63, 3.8) is 0 Å². The minimum Gasteiger partial charge on any atom is -0.505 e. The van der Waals surface area contributed by atoms with Crippen molar-refractivity contribution in [2.24, 2.45) is 16.8 Å². The molecule has 3 aliphatic rings. The van der Waals surface area contributed by atoms with Crippen LogP contribution in [0.2, 0.25) is 10.0 Å². The average Bonchev–Trinajstić information content (AvgIpc) is 2.77. The van der Waals surface area contributed by atoms with Crippen LogP contribution in [0.15, 0.2) is 17.1 Å². The minimum atomic E-state index is -0.100. The van der Waals surface area contributed by atoms with Crippen molar-refractivity contribution in [3.05, 3.63) is 27.7 Å². The smallest absolute Gasteiger partial charge is 0.152 e. The third-order valence-corrected chi connectivity index (χ3v) is 8.16. The first-order valence-corrected chi connectivity index (χ1v) is 12.9. The number of rotatable bonds is 6. The van der Waals surface area contributed by atoms with E-state index < -0.39 is 0 Å². The lowest BCUT2D eigenvalue weighted by Gasteiger charge is -2.46. The molecule has 1 saturated heterocycles. The molecule has 8 heteroatoms. The fourth-order valence-electron chi connectivity index (χ4n) is 5.86. The van der Waals surface area contributed by atoms with Gasteiger partial charge in [-0.25, -0.2) is 0 Å². The molecule has 4 rings (SSSR count). The number of piperidine rings is 1. The lowest BCUT2D eigenvalue weighted by molar-refractivity contribution is -0.122. The van der Waals surface area contributed by atoms with Gasteiger partial charge in [0.15, 0.2) is 5.75 Å². The largest absolute Gasteiger partial charge is 0.505 e. The van der Waals surface area contributed by atoms with E-state index in [1.54, 1.807) is 19.1 Å². The Hall–Kier alpha value is -1.18. The van der Waals surface area contributed by atoms with Crippen molar-refractivity contribution in [3.8, 4) is 5.75 Å². The maximum Gasteiger partial charge on any atom is 0.152 e. The number of aromatic hydroxyl groups is 1. The fourth-order valence-corrected chi connectivity index (χ4v) is 6.34. The highest BCUT2D eigenvalue weighted by Gasteiger charge is 2.44. The van der Waals surface area contributed by atoms with Crippen LogP contribution >= 0.6 is 23.2 Å². The Morgan fingerprint density at radius 1 is 1.18 bits per heavy atom. The third kappa shape index (κ3) is 5.73. The number of Topliss-reactive ketones (excluding diaryl/α,β-unsaturated/α-hetero) is 1. The fraction of sp³-hybridized carbons (Fsp3) is 0.680. The monoisotopic (exact) mass is 494 g/mol. The molecule has 0 bridgehead atoms. The summed E-state index contributed by atoms with van der Waals surface area (Å²) in [4.78, 5) is 20.0. The molecule has 0 aromatic heterocycles. The summed E-state index contributed by atoms with van der Waals surface area (Å²) in [6.07, 6.45) is 6.47. The van der Waals surface area contributed by atoms with Gasteiger partial charge in [0.05, 0.1) is 16.1 Å². The van der Waals surface area contributed by atoms with Gasteiger partial charge in [-0.15, -0.1) is 0 Å². The van der Waals surface area contributed by atoms with Crippen LogP contribution in [0.4, 0.5) is 0 Å². The zero-order valence-corrected chi connectivity index (χ0v) is 21.3. The van der Waals surface area contributed by atoms with E-state index in [1.165, 1.54) is 12.8 Å². The number of fused-ring (bicyclic) bond motifs is 1. The van der Waals surface area contributed by atoms with Crippen LogP contribution in [-0.2, 0) is 4.79 Å². The quantitative estimate of drug-likeness (QED) is 0.558. The molecule has 2 heterocycles. The maximum absolute atomic E-state index is 12.6. The number of ketones is 1. The number of aliphatic imine (C=N–C) groups is 1. The second-order valence-corrected chi connectivity index (χ2v) is 11.1. The summed E-state index contributed by atoms with van der Waals surface area (Å²) >= 11 is 12.4. The molecule has 1 saturated carbocycles. The number of nitrogens with zero attached hydrogens (tertiary/aromatic N) is 2. The first-order chi connectivity index (χ1) is 15.7. The van der Waals surface area contributed by atoms with Crippen LogP contribution in [-0.4, -0.2) is 72.9 Å². The molecule has 4 unspecified atom stereocenters. The van der Waals surface area contributed by atoms with Crippen molar-refractivity contribution in [1.82, 2.24) is 15.5 Å². The van der Waals surface area contributed by atoms with E-state index in [-0.39, 0.29) is 45.6 Å². The lowest BCUT2D eigenvalue weighted by Crippen LogP contribution is -2.65. The van der Waals surface area contributed by atoms with E-state index in [0.717, 1.165) is 49.4 Å². The highest BCUT2D eigenvalue weighted by atomic mass is 35.5. The first kappa shape index (κ1) is 24.9. The highest BCUT2D eigenvalue weighted by molar-refractivity contribution is 6.37. The van der Waals surface area contributed by atoms with Crippen LogP contribution in [0, 0.1) is 11.8 Å². The number of carbonyl (C=O) groups is 1. The Morgan fingerprint density at radius 2 is 1.85 bits per heavy atom. The van der Waals surface area contributed by atoms with Gasteiger partial charge in [0, 0.05) is 42.8 Å². The van der Waals surface area contributed by atoms with Crippen LogP contribution in [0.25, 0.3) is 0 Å². The standard InChI is InChI=1S/C25H36Cl2N4O2/c1-14(32)18-12-28-22-9-8-21(16-10-19(26)25(33)20(27)11-16)30-24(22)23(18)29-17-6-4-15(5-7-17)13-31(2)3/h10-11,15,17-18,22-24,28-29,33H,4-9,12-13H2,1-3H3. The second-order valence-electron chi connectivity index (χ2n) is 10.3. The normalized spacial score (nSPS) is 32.4. The number of nitrogens with one attached hydrogen (secondary N) is 2. The Kier molecular flexibility index (Phi) is 8.02. The van der Waals surface area contributed by atoms with Gasteiger partial charge in [-0.1, -0.05) is 23.2 Å². The van der Waals surface area contributed by atoms with Gasteiger partial charge in [-0.2, -0.15) is 0 Å². The van der Waals surface area contributed by atoms with Gasteiger partial charge in [0.1, 0.15) is 5.78 Å². The molecular weight excluding hydrogens is 459 g/mol. The SMILES string of the molecule is CC(=O)C1CNC2CCC(c3cc(Cl)c(O)c(Cl)c3)=NC2C1NC1CCC(CN(C)C)CC1. The third-order valence-electron chi connectivity index (χ3n) is 7.58. The molecule has 1 aliphatic carbocycles. The summed E-state index contributed by atoms with van der Waals surface area (Å²) in [5.41, 5.74) is 1.78. The van der Waals surface area contributed by atoms with Crippen LogP contribution in [0.3, 0.4) is 0 Å². The molecule has 3 N–H and O–H groups in total. The summed E-state index contributed by atoms with van der Waals surface area (Å²) in [5.74, 6) is 0.765. The molecule has 6 nitrogen and oxygen atoms in total. The maximum atomic E-state index is 12.6. The molecule has 0 spiro atoms. The summed E-state index contributed by atoms with van der Waals surface area (Å²) in [6, 6.07) is 4.12. The van der Waals surface area contributed by atoms with Gasteiger partial charge in [-0.3, -0.25) is 9.79 Å². The number of benzene rings is 1. The van der Waals surface area contributed by atoms with Gasteiger partial charge in [0.25, 0.3) is 0 Å². The van der Waals surface area contributed by atoms with Crippen LogP contribution < -0.4 is 10.6 Å². The van der Waals surface area contributed by atoms with E-state index in [1.807, 2.05) is 0 Å². The second kappa shape index (κ2) is 10.6. The Balaban J connectivity index is 1.55. The van der Waals surface area contributed by atoms with Gasteiger partial charge >= 0.3 is 0 Å². The molecular formula is C25H36Cl2N4O2. The van der Waals surface area contributed by atoms with Gasteiger partial charge < -0.3 is 20.6 Å². The van der Waals surface area contributed by atoms with Gasteiger partial charge in [0.2, 0.25) is 0 Å². The van der Waals surface area contributed by atoms with Gasteiger partial charge in [-0.05, 0) is 83.2 Å². The molecule has 33 heavy (non-hydrogen) atoms. The molecule has 0 radical (unpaired) electrons. The lowest BCUT2D eigenvalue weighted by atomic mass is 9.77. The topological polar surface area (TPSA) is 77.0 Å². The van der Waals surface area contributed by atoms with Crippen LogP contribution in [0.5, 0.6) is 5.75 Å². The van der Waals surface area contributed by atoms with Crippen LogP contribution in [0.1, 0.15) is 51.0 Å². The van der Waals surface area contributed by atoms with Crippen molar-refractivity contribution in [2.45, 2.75) is 69.6 Å². The Morgan fingerprint density at radius 3 is 2.45 bits per heavy atom. The summed E-state index contributed by atoms with van der Waals surface area (Å²) in [5, 5.41) is 17.9. The van der Waals surface area contributed by atoms with Crippen molar-refractivity contribution in [1.29, 1.82) is 0 Å². The predicted molar refractivity (Wildman–Crippen MR) is 135 cm³/mol. The number of carbonyl (C=O) groups excluding carboxylic acids is 1. The minimum absolute atomic E-state index is 0.0162. The molecule has 2 fully saturated rings. The summed E-state index contributed by atoms with van der Waals surface area (Å²) in [6.45, 7) is 3.54. The average molecular weight is 495 g/mol. The molecule has 0 amide bonds. The summed E-state index contributed by atoms with van der Waals surface area (Å²) in [7, 11) is 4.29. The number of hydrogen-bond acceptors (Lipinski definition) is 6. The van der Waals surface area contributed by atoms with E-state index in [0.29, 0.717) is 12.6 Å². The van der Waals surface area contributed by atoms with Crippen molar-refractivity contribution in [2.75, 3.05) is 27.2 Å². The number of hydrogen-bond donors (Lipinski definition) is 3. The van der Waals surface area contributed by atoms with E-state index in [4.69, 9.17) is 28.2 Å². The number of phenols is 1. The van der Waals surface area contributed by atoms with E-state index in [9.17, 15) is 9.90 Å². The molecule has 182 valence electrons. The molecule has 4 atom stereocenters. The van der Waals surface area contributed by atoms with Crippen molar-refractivity contribution < 1.29 is 9.90 Å². The van der Waals surface area contributed by atoms with E-state index >= 15 is 0 Å². The Bertz CT molecular complexity index is 875. The predicted octanol–water partition coefficient (Wildman–Crippen LogP) is 3.91. The number of phenolic OH excluding ortho intramolecular Hbond substituents is 1. The van der Waals surface area contributed by atoms with Crippen molar-refractivity contribution >= 4 is 34.7 Å².